The molecule has 1 saturated heterocycles. The van der Waals surface area contributed by atoms with Gasteiger partial charge in [0.1, 0.15) is 11.8 Å². The predicted octanol–water partition coefficient (Wildman–Crippen LogP) is 3.55. The van der Waals surface area contributed by atoms with Crippen molar-refractivity contribution in [2.75, 3.05) is 48.2 Å². The van der Waals surface area contributed by atoms with Gasteiger partial charge in [-0.15, -0.1) is 0 Å². The van der Waals surface area contributed by atoms with Gasteiger partial charge in [-0.1, -0.05) is 17.7 Å². The number of hydrogen-bond acceptors (Lipinski definition) is 5. The van der Waals surface area contributed by atoms with Gasteiger partial charge in [-0.25, -0.2) is 8.42 Å². The second kappa shape index (κ2) is 10.0. The number of halogens is 1. The smallest absolute Gasteiger partial charge is 0.246 e. The highest BCUT2D eigenvalue weighted by Crippen LogP contribution is 2.27. The van der Waals surface area contributed by atoms with Crippen LogP contribution >= 0.6 is 11.6 Å². The Kier molecular flexibility index (Phi) is 7.56. The first-order valence-electron chi connectivity index (χ1n) is 10.6. The van der Waals surface area contributed by atoms with E-state index in [4.69, 9.17) is 16.3 Å². The molecule has 1 fully saturated rings. The maximum Gasteiger partial charge on any atom is 0.246 e. The van der Waals surface area contributed by atoms with Crippen molar-refractivity contribution in [2.24, 2.45) is 0 Å². The predicted molar refractivity (Wildman–Crippen MR) is 129 cm³/mol. The van der Waals surface area contributed by atoms with E-state index in [0.29, 0.717) is 49.2 Å². The standard InChI is InChI=1S/C23H30ClN3O4S/c1-5-31-21-10-8-20(9-11-21)27(32(4,29)30)18(3)23(28)26-14-12-25(13-15-26)22-16-19(24)7-6-17(22)2/h6-11,16,18H,5,12-15H2,1-4H3/t18-/m0/s1. The number of benzene rings is 2. The van der Waals surface area contributed by atoms with Crippen LogP contribution in [-0.2, 0) is 14.8 Å². The molecule has 0 N–H and O–H groups in total. The molecule has 0 spiro atoms. The Labute approximate surface area is 195 Å². The van der Waals surface area contributed by atoms with Crippen molar-refractivity contribution in [1.82, 2.24) is 4.90 Å². The molecule has 1 amide bonds. The number of aryl methyl sites for hydroxylation is 1. The van der Waals surface area contributed by atoms with Crippen molar-refractivity contribution < 1.29 is 17.9 Å². The molecular formula is C23H30ClN3O4S. The van der Waals surface area contributed by atoms with Crippen LogP contribution in [0.3, 0.4) is 0 Å². The molecule has 1 aliphatic heterocycles. The number of anilines is 2. The summed E-state index contributed by atoms with van der Waals surface area (Å²) in [6.07, 6.45) is 1.12. The third kappa shape index (κ3) is 5.48. The molecule has 1 atom stereocenters. The largest absolute Gasteiger partial charge is 0.494 e. The average molecular weight is 480 g/mol. The number of nitrogens with zero attached hydrogens (tertiary/aromatic N) is 3. The molecule has 2 aromatic carbocycles. The van der Waals surface area contributed by atoms with Crippen LogP contribution in [0, 0.1) is 6.92 Å². The molecule has 0 radical (unpaired) electrons. The van der Waals surface area contributed by atoms with E-state index in [1.165, 1.54) is 4.31 Å². The first-order chi connectivity index (χ1) is 15.1. The minimum atomic E-state index is -3.67. The molecule has 1 heterocycles. The highest BCUT2D eigenvalue weighted by Gasteiger charge is 2.33. The molecule has 0 aliphatic carbocycles. The topological polar surface area (TPSA) is 70.2 Å². The van der Waals surface area contributed by atoms with Crippen molar-refractivity contribution in [3.05, 3.63) is 53.1 Å². The lowest BCUT2D eigenvalue weighted by molar-refractivity contribution is -0.132. The highest BCUT2D eigenvalue weighted by molar-refractivity contribution is 7.92. The normalized spacial score (nSPS) is 15.4. The molecule has 7 nitrogen and oxygen atoms in total. The van der Waals surface area contributed by atoms with Crippen LogP contribution in [0.2, 0.25) is 5.02 Å². The minimum absolute atomic E-state index is 0.216. The van der Waals surface area contributed by atoms with Crippen LogP contribution in [0.4, 0.5) is 11.4 Å². The van der Waals surface area contributed by atoms with Crippen molar-refractivity contribution in [1.29, 1.82) is 0 Å². The van der Waals surface area contributed by atoms with Crippen molar-refractivity contribution in [3.8, 4) is 5.75 Å². The van der Waals surface area contributed by atoms with Crippen LogP contribution in [-0.4, -0.2) is 64.3 Å². The average Bonchev–Trinajstić information content (AvgIpc) is 2.75. The molecule has 0 saturated carbocycles. The van der Waals surface area contributed by atoms with Gasteiger partial charge < -0.3 is 14.5 Å². The summed E-state index contributed by atoms with van der Waals surface area (Å²) in [6.45, 7) is 8.39. The molecule has 174 valence electrons. The quantitative estimate of drug-likeness (QED) is 0.607. The molecule has 0 aromatic heterocycles. The maximum absolute atomic E-state index is 13.2. The molecule has 0 bridgehead atoms. The van der Waals surface area contributed by atoms with Gasteiger partial charge in [-0.05, 0) is 62.7 Å². The molecule has 9 heteroatoms. The third-order valence-corrected chi connectivity index (χ3v) is 7.05. The SMILES string of the molecule is CCOc1ccc(N([C@@H](C)C(=O)N2CCN(c3cc(Cl)ccc3C)CC2)S(C)(=O)=O)cc1. The van der Waals surface area contributed by atoms with E-state index in [1.807, 2.05) is 32.0 Å². The van der Waals surface area contributed by atoms with E-state index in [2.05, 4.69) is 4.90 Å². The first kappa shape index (κ1) is 24.2. The Hall–Kier alpha value is -2.45. The fourth-order valence-corrected chi connectivity index (χ4v) is 5.35. The summed E-state index contributed by atoms with van der Waals surface area (Å²) >= 11 is 6.16. The van der Waals surface area contributed by atoms with Crippen molar-refractivity contribution >= 4 is 38.9 Å². The van der Waals surface area contributed by atoms with Crippen LogP contribution < -0.4 is 13.9 Å². The fraction of sp³-hybridized carbons (Fsp3) is 0.435. The number of hydrogen-bond donors (Lipinski definition) is 0. The summed E-state index contributed by atoms with van der Waals surface area (Å²) in [5.74, 6) is 0.433. The summed E-state index contributed by atoms with van der Waals surface area (Å²) in [5, 5.41) is 0.678. The van der Waals surface area contributed by atoms with E-state index < -0.39 is 16.1 Å². The van der Waals surface area contributed by atoms with Crippen LogP contribution in [0.15, 0.2) is 42.5 Å². The zero-order chi connectivity index (χ0) is 23.5. The van der Waals surface area contributed by atoms with Gasteiger partial charge in [0, 0.05) is 36.9 Å². The summed E-state index contributed by atoms with van der Waals surface area (Å²) in [5.41, 5.74) is 2.62. The number of carbonyl (C=O) groups excluding carboxylic acids is 1. The number of ether oxygens (including phenoxy) is 1. The summed E-state index contributed by atoms with van der Waals surface area (Å²) < 4.78 is 31.8. The first-order valence-corrected chi connectivity index (χ1v) is 12.9. The van der Waals surface area contributed by atoms with Crippen LogP contribution in [0.1, 0.15) is 19.4 Å². The van der Waals surface area contributed by atoms with Gasteiger partial charge in [0.05, 0.1) is 18.6 Å². The summed E-state index contributed by atoms with van der Waals surface area (Å²) in [6, 6.07) is 11.7. The Morgan fingerprint density at radius 2 is 1.75 bits per heavy atom. The maximum atomic E-state index is 13.2. The second-order valence-electron chi connectivity index (χ2n) is 7.90. The van der Waals surface area contributed by atoms with Gasteiger partial charge >= 0.3 is 0 Å². The van der Waals surface area contributed by atoms with E-state index in [-0.39, 0.29) is 5.91 Å². The molecule has 1 aliphatic rings. The van der Waals surface area contributed by atoms with E-state index in [1.54, 1.807) is 36.1 Å². The lowest BCUT2D eigenvalue weighted by Gasteiger charge is -2.39. The molecule has 3 rings (SSSR count). The monoisotopic (exact) mass is 479 g/mol. The molecule has 0 unspecified atom stereocenters. The Morgan fingerprint density at radius 1 is 1.12 bits per heavy atom. The summed E-state index contributed by atoms with van der Waals surface area (Å²) in [4.78, 5) is 17.2. The number of sulfonamides is 1. The molecular weight excluding hydrogens is 450 g/mol. The van der Waals surface area contributed by atoms with Gasteiger partial charge in [0.25, 0.3) is 0 Å². The van der Waals surface area contributed by atoms with Crippen LogP contribution in [0.5, 0.6) is 5.75 Å². The Bertz CT molecular complexity index is 1050. The second-order valence-corrected chi connectivity index (χ2v) is 10.2. The van der Waals surface area contributed by atoms with Crippen molar-refractivity contribution in [2.45, 2.75) is 26.8 Å². The van der Waals surface area contributed by atoms with E-state index in [9.17, 15) is 13.2 Å². The van der Waals surface area contributed by atoms with Gasteiger partial charge in [-0.2, -0.15) is 0 Å². The molecule has 32 heavy (non-hydrogen) atoms. The van der Waals surface area contributed by atoms with Gasteiger partial charge in [0.2, 0.25) is 15.9 Å². The zero-order valence-corrected chi connectivity index (χ0v) is 20.5. The Balaban J connectivity index is 1.73. The minimum Gasteiger partial charge on any atom is -0.494 e. The third-order valence-electron chi connectivity index (χ3n) is 5.57. The lowest BCUT2D eigenvalue weighted by Crippen LogP contribution is -2.55. The lowest BCUT2D eigenvalue weighted by atomic mass is 10.1. The summed E-state index contributed by atoms with van der Waals surface area (Å²) in [7, 11) is -3.67. The zero-order valence-electron chi connectivity index (χ0n) is 18.9. The van der Waals surface area contributed by atoms with E-state index in [0.717, 1.165) is 17.5 Å². The Morgan fingerprint density at radius 3 is 2.31 bits per heavy atom. The van der Waals surface area contributed by atoms with Crippen molar-refractivity contribution in [3.63, 3.8) is 0 Å². The van der Waals surface area contributed by atoms with Crippen LogP contribution in [0.25, 0.3) is 0 Å². The number of amides is 1. The van der Waals surface area contributed by atoms with E-state index >= 15 is 0 Å². The van der Waals surface area contributed by atoms with Gasteiger partial charge in [-0.3, -0.25) is 9.10 Å². The number of piperazine rings is 1. The fourth-order valence-electron chi connectivity index (χ4n) is 4.01. The number of carbonyl (C=O) groups is 1. The van der Waals surface area contributed by atoms with Gasteiger partial charge in [0.15, 0.2) is 0 Å². The molecule has 2 aromatic rings. The highest BCUT2D eigenvalue weighted by atomic mass is 35.5. The number of rotatable bonds is 7.